The first-order valence-corrected chi connectivity index (χ1v) is 10.8. The van der Waals surface area contributed by atoms with Crippen LogP contribution in [0.2, 0.25) is 0 Å². The highest BCUT2D eigenvalue weighted by atomic mass is 32.2. The van der Waals surface area contributed by atoms with Gasteiger partial charge in [0.2, 0.25) is 5.91 Å². The highest BCUT2D eigenvalue weighted by Gasteiger charge is 2.60. The smallest absolute Gasteiger partial charge is 0.358 e. The number of nitrogens with zero attached hydrogens (tertiary/aromatic N) is 2. The van der Waals surface area contributed by atoms with Crippen LogP contribution < -0.4 is 5.32 Å². The Balaban J connectivity index is 1.43. The van der Waals surface area contributed by atoms with E-state index in [1.165, 1.54) is 22.7 Å². The fourth-order valence-corrected chi connectivity index (χ4v) is 6.00. The molecule has 31 heavy (non-hydrogen) atoms. The number of aromatic nitrogens is 1. The zero-order valence-corrected chi connectivity index (χ0v) is 17.7. The molecule has 1 aromatic heterocycles. The van der Waals surface area contributed by atoms with Crippen molar-refractivity contribution in [2.24, 2.45) is 11.8 Å². The molecule has 2 saturated heterocycles. The van der Waals surface area contributed by atoms with Gasteiger partial charge in [0.15, 0.2) is 11.5 Å². The number of nitrogens with one attached hydrogen (secondary N) is 1. The molecule has 0 radical (unpaired) electrons. The first kappa shape index (κ1) is 21.6. The van der Waals surface area contributed by atoms with Gasteiger partial charge >= 0.3 is 11.9 Å². The van der Waals surface area contributed by atoms with E-state index in [1.807, 2.05) is 13.0 Å². The molecule has 2 fully saturated rings. The van der Waals surface area contributed by atoms with Crippen LogP contribution in [0.25, 0.3) is 6.08 Å². The Morgan fingerprint density at radius 1 is 1.39 bits per heavy atom. The lowest BCUT2D eigenvalue weighted by Crippen LogP contribution is -2.63. The van der Waals surface area contributed by atoms with E-state index >= 15 is 0 Å². The van der Waals surface area contributed by atoms with E-state index < -0.39 is 24.0 Å². The minimum Gasteiger partial charge on any atom is -0.477 e. The molecule has 3 aliphatic heterocycles. The molecule has 4 N–H and O–H groups in total. The Morgan fingerprint density at radius 3 is 2.74 bits per heavy atom. The van der Waals surface area contributed by atoms with Crippen molar-refractivity contribution in [3.05, 3.63) is 34.2 Å². The summed E-state index contributed by atoms with van der Waals surface area (Å²) in [5, 5.41) is 35.5. The Kier molecular flexibility index (Phi) is 5.67. The second kappa shape index (κ2) is 8.13. The number of aliphatic hydroxyl groups excluding tert-OH is 1. The van der Waals surface area contributed by atoms with E-state index in [0.29, 0.717) is 17.2 Å². The number of hydrogen-bond donors (Lipinski definition) is 4. The van der Waals surface area contributed by atoms with Gasteiger partial charge in [-0.15, -0.1) is 11.8 Å². The van der Waals surface area contributed by atoms with Gasteiger partial charge in [-0.3, -0.25) is 4.79 Å². The number of carboxylic acid groups (broad SMARTS) is 2. The molecule has 4 heterocycles. The van der Waals surface area contributed by atoms with Crippen LogP contribution >= 0.6 is 11.8 Å². The number of thioether (sulfide) groups is 1. The fourth-order valence-electron chi connectivity index (χ4n) is 4.51. The maximum atomic E-state index is 12.4. The van der Waals surface area contributed by atoms with Gasteiger partial charge < -0.3 is 30.1 Å². The minimum atomic E-state index is -1.16. The first-order chi connectivity index (χ1) is 14.7. The molecule has 4 rings (SSSR count). The molecule has 1 amide bonds. The molecule has 11 heteroatoms. The van der Waals surface area contributed by atoms with Crippen molar-refractivity contribution in [3.63, 3.8) is 0 Å². The quantitative estimate of drug-likeness (QED) is 0.443. The molecule has 0 bridgehead atoms. The van der Waals surface area contributed by atoms with Gasteiger partial charge in [0.25, 0.3) is 0 Å². The lowest BCUT2D eigenvalue weighted by Gasteiger charge is -2.46. The molecule has 0 spiro atoms. The molecule has 0 saturated carbocycles. The summed E-state index contributed by atoms with van der Waals surface area (Å²) in [6, 6.07) is 1.02. The largest absolute Gasteiger partial charge is 0.477 e. The van der Waals surface area contributed by atoms with E-state index in [-0.39, 0.29) is 40.5 Å². The summed E-state index contributed by atoms with van der Waals surface area (Å²) in [7, 11) is 0. The van der Waals surface area contributed by atoms with Gasteiger partial charge in [-0.25, -0.2) is 9.59 Å². The lowest BCUT2D eigenvalue weighted by molar-refractivity contribution is -0.163. The highest BCUT2D eigenvalue weighted by Crippen LogP contribution is 2.51. The van der Waals surface area contributed by atoms with E-state index in [1.54, 1.807) is 13.0 Å². The predicted octanol–water partition coefficient (Wildman–Crippen LogP) is 1.00. The number of carboxylic acids is 2. The SMILES string of the molecule is C[C@@H](O)[C@H]1C(=O)N2C(C(=O)O)=C(S[C@@H]3CN[C@H](C=Cc4cc(C(=O)O)no4)C3)[C@H](C)[C@H]12. The van der Waals surface area contributed by atoms with Crippen molar-refractivity contribution in [3.8, 4) is 0 Å². The number of carbonyl (C=O) groups is 3. The number of aliphatic hydroxyl groups is 1. The average Bonchev–Trinajstić information content (AvgIpc) is 3.39. The Bertz CT molecular complexity index is 985. The molecular weight excluding hydrogens is 426 g/mol. The van der Waals surface area contributed by atoms with Crippen LogP contribution in [0, 0.1) is 11.8 Å². The number of rotatable bonds is 7. The average molecular weight is 449 g/mol. The van der Waals surface area contributed by atoms with E-state index in [4.69, 9.17) is 9.63 Å². The van der Waals surface area contributed by atoms with Crippen molar-refractivity contribution in [1.29, 1.82) is 0 Å². The van der Waals surface area contributed by atoms with Gasteiger partial charge in [0, 0.05) is 34.7 Å². The molecule has 0 aliphatic carbocycles. The number of carbonyl (C=O) groups excluding carboxylic acids is 1. The van der Waals surface area contributed by atoms with E-state index in [0.717, 1.165) is 6.42 Å². The maximum absolute atomic E-state index is 12.4. The van der Waals surface area contributed by atoms with Gasteiger partial charge in [0.1, 0.15) is 5.70 Å². The van der Waals surface area contributed by atoms with Crippen molar-refractivity contribution in [2.45, 2.75) is 43.7 Å². The van der Waals surface area contributed by atoms with Crippen LogP contribution in [-0.2, 0) is 9.59 Å². The summed E-state index contributed by atoms with van der Waals surface area (Å²) in [6.07, 6.45) is 3.42. The number of aliphatic carboxylic acids is 1. The molecular formula is C20H23N3O7S. The Morgan fingerprint density at radius 2 is 2.13 bits per heavy atom. The molecule has 1 aromatic rings. The van der Waals surface area contributed by atoms with Crippen LogP contribution in [0.3, 0.4) is 0 Å². The summed E-state index contributed by atoms with van der Waals surface area (Å²) in [4.78, 5) is 37.2. The Hall–Kier alpha value is -2.63. The van der Waals surface area contributed by atoms with Crippen LogP contribution in [0.4, 0.5) is 0 Å². The Labute approximate surface area is 182 Å². The number of amides is 1. The molecule has 0 unspecified atom stereocenters. The predicted molar refractivity (Wildman–Crippen MR) is 110 cm³/mol. The molecule has 10 nitrogen and oxygen atoms in total. The summed E-state index contributed by atoms with van der Waals surface area (Å²) in [5.74, 6) is -3.02. The number of hydrogen-bond acceptors (Lipinski definition) is 8. The van der Waals surface area contributed by atoms with Gasteiger partial charge in [-0.1, -0.05) is 18.2 Å². The maximum Gasteiger partial charge on any atom is 0.358 e. The minimum absolute atomic E-state index is 0.00494. The number of β-lactam (4-membered cyclic amide) rings is 1. The number of fused-ring (bicyclic) bond motifs is 1. The van der Waals surface area contributed by atoms with E-state index in [9.17, 15) is 24.6 Å². The first-order valence-electron chi connectivity index (χ1n) is 9.96. The monoisotopic (exact) mass is 449 g/mol. The van der Waals surface area contributed by atoms with Crippen LogP contribution in [0.5, 0.6) is 0 Å². The normalized spacial score (nSPS) is 31.3. The lowest BCUT2D eigenvalue weighted by atomic mass is 9.79. The second-order valence-electron chi connectivity index (χ2n) is 8.04. The van der Waals surface area contributed by atoms with Gasteiger partial charge in [-0.2, -0.15) is 0 Å². The third kappa shape index (κ3) is 3.77. The highest BCUT2D eigenvalue weighted by molar-refractivity contribution is 8.03. The summed E-state index contributed by atoms with van der Waals surface area (Å²) >= 11 is 1.47. The molecule has 0 aromatic carbocycles. The summed E-state index contributed by atoms with van der Waals surface area (Å²) in [5.41, 5.74) is -0.128. The van der Waals surface area contributed by atoms with Crippen molar-refractivity contribution < 1.29 is 34.2 Å². The molecule has 3 aliphatic rings. The van der Waals surface area contributed by atoms with Gasteiger partial charge in [-0.05, 0) is 19.4 Å². The third-order valence-corrected chi connectivity index (χ3v) is 7.48. The van der Waals surface area contributed by atoms with Crippen LogP contribution in [0.1, 0.15) is 36.5 Å². The topological polar surface area (TPSA) is 153 Å². The van der Waals surface area contributed by atoms with Crippen molar-refractivity contribution in [1.82, 2.24) is 15.4 Å². The zero-order valence-electron chi connectivity index (χ0n) is 16.9. The fraction of sp³-hybridized carbons (Fsp3) is 0.500. The third-order valence-electron chi connectivity index (χ3n) is 5.97. The number of aromatic carboxylic acids is 1. The molecule has 166 valence electrons. The van der Waals surface area contributed by atoms with Crippen molar-refractivity contribution >= 4 is 35.7 Å². The zero-order chi connectivity index (χ0) is 22.4. The van der Waals surface area contributed by atoms with Crippen molar-refractivity contribution in [2.75, 3.05) is 6.54 Å². The second-order valence-corrected chi connectivity index (χ2v) is 9.38. The molecule has 6 atom stereocenters. The summed E-state index contributed by atoms with van der Waals surface area (Å²) in [6.45, 7) is 4.11. The van der Waals surface area contributed by atoms with E-state index in [2.05, 4.69) is 10.5 Å². The standard InChI is InChI=1S/C20H23N3O7S/c1-8-15-14(9(2)24)18(25)23(15)16(20(28)29)17(8)31-12-5-10(21-7-12)3-4-11-6-13(19(26)27)22-30-11/h3-4,6,8-10,12,14-15,21,24H,5,7H2,1-2H3,(H,26,27)(H,28,29)/t8-,9-,10-,12+,14-,15-/m1/s1. The van der Waals surface area contributed by atoms with Crippen LogP contribution in [-0.4, -0.2) is 73.2 Å². The van der Waals surface area contributed by atoms with Crippen LogP contribution in [0.15, 0.2) is 27.3 Å². The van der Waals surface area contributed by atoms with Gasteiger partial charge in [0.05, 0.1) is 18.1 Å². The summed E-state index contributed by atoms with van der Waals surface area (Å²) < 4.78 is 4.96.